The van der Waals surface area contributed by atoms with Gasteiger partial charge < -0.3 is 25.2 Å². The Morgan fingerprint density at radius 3 is 2.72 bits per heavy atom. The fourth-order valence-electron chi connectivity index (χ4n) is 6.27. The number of nitrogens with two attached hydrogens (primary N) is 1. The van der Waals surface area contributed by atoms with Crippen molar-refractivity contribution < 1.29 is 19.4 Å². The van der Waals surface area contributed by atoms with Gasteiger partial charge in [0.2, 0.25) is 5.91 Å². The molecule has 0 aromatic heterocycles. The number of benzene rings is 3. The van der Waals surface area contributed by atoms with E-state index in [2.05, 4.69) is 30.3 Å². The highest BCUT2D eigenvalue weighted by atomic mass is 35.5. The lowest BCUT2D eigenvalue weighted by Gasteiger charge is -2.44. The fourth-order valence-corrected chi connectivity index (χ4v) is 6.55. The van der Waals surface area contributed by atoms with Crippen LogP contribution in [0.5, 0.6) is 0 Å². The summed E-state index contributed by atoms with van der Waals surface area (Å²) in [5.41, 5.74) is 7.21. The van der Waals surface area contributed by atoms with Crippen molar-refractivity contribution in [2.45, 2.75) is 56.3 Å². The molecule has 6 nitrogen and oxygen atoms in total. The number of halogens is 1. The summed E-state index contributed by atoms with van der Waals surface area (Å²) in [6.07, 6.45) is 3.83. The third-order valence-electron chi connectivity index (χ3n) is 8.41. The van der Waals surface area contributed by atoms with Gasteiger partial charge >= 0.3 is 0 Å². The van der Waals surface area contributed by atoms with Gasteiger partial charge in [0.1, 0.15) is 11.7 Å². The molecule has 2 fully saturated rings. The highest BCUT2D eigenvalue weighted by molar-refractivity contribution is 6.33. The maximum atomic E-state index is 13.4. The zero-order chi connectivity index (χ0) is 27.4. The molecule has 0 spiro atoms. The highest BCUT2D eigenvalue weighted by Crippen LogP contribution is 2.43. The third kappa shape index (κ3) is 6.01. The van der Waals surface area contributed by atoms with Crippen LogP contribution in [0.3, 0.4) is 0 Å². The van der Waals surface area contributed by atoms with Crippen LogP contribution in [0.1, 0.15) is 44.1 Å². The maximum absolute atomic E-state index is 13.4. The number of nitrogens with zero attached hydrogens (tertiary/aromatic N) is 1. The number of hydrogen-bond acceptors (Lipinski definition) is 5. The van der Waals surface area contributed by atoms with Crippen LogP contribution in [0.25, 0.3) is 21.9 Å². The van der Waals surface area contributed by atoms with Gasteiger partial charge in [0.25, 0.3) is 0 Å². The minimum absolute atomic E-state index is 0.0483. The molecule has 2 aliphatic rings. The van der Waals surface area contributed by atoms with Crippen LogP contribution in [-0.2, 0) is 19.9 Å². The Labute approximate surface area is 236 Å². The Hall–Kier alpha value is -2.48. The molecule has 208 valence electrons. The molecule has 0 unspecified atom stereocenters. The Morgan fingerprint density at radius 2 is 1.95 bits per heavy atom. The molecule has 1 aliphatic heterocycles. The molecule has 3 aromatic carbocycles. The van der Waals surface area contributed by atoms with Crippen LogP contribution in [0.4, 0.5) is 0 Å². The summed E-state index contributed by atoms with van der Waals surface area (Å²) >= 11 is 6.87. The van der Waals surface area contributed by atoms with E-state index in [1.165, 1.54) is 0 Å². The summed E-state index contributed by atoms with van der Waals surface area (Å²) in [5, 5.41) is 15.4. The zero-order valence-corrected chi connectivity index (χ0v) is 23.4. The predicted octanol–water partition coefficient (Wildman–Crippen LogP) is 5.52. The first-order chi connectivity index (χ1) is 18.9. The van der Waals surface area contributed by atoms with Crippen molar-refractivity contribution in [2.75, 3.05) is 33.4 Å². The average Bonchev–Trinajstić information content (AvgIpc) is 3.40. The van der Waals surface area contributed by atoms with Crippen molar-refractivity contribution in [3.63, 3.8) is 0 Å². The van der Waals surface area contributed by atoms with E-state index < -0.39 is 11.7 Å². The van der Waals surface area contributed by atoms with Crippen LogP contribution >= 0.6 is 11.6 Å². The molecular weight excluding hydrogens is 512 g/mol. The van der Waals surface area contributed by atoms with E-state index in [1.54, 1.807) is 7.11 Å². The lowest BCUT2D eigenvalue weighted by Crippen LogP contribution is -2.55. The number of morpholine rings is 1. The van der Waals surface area contributed by atoms with Crippen LogP contribution in [0.15, 0.2) is 60.7 Å². The molecule has 1 saturated heterocycles. The fraction of sp³-hybridized carbons (Fsp3) is 0.469. The third-order valence-corrected chi connectivity index (χ3v) is 8.72. The number of ether oxygens (including phenoxy) is 2. The molecular formula is C32H39ClN2O4. The molecule has 39 heavy (non-hydrogen) atoms. The van der Waals surface area contributed by atoms with E-state index in [9.17, 15) is 9.90 Å². The Morgan fingerprint density at radius 1 is 1.13 bits per heavy atom. The smallest absolute Gasteiger partial charge is 0.225 e. The summed E-state index contributed by atoms with van der Waals surface area (Å²) < 4.78 is 11.6. The molecule has 1 amide bonds. The average molecular weight is 551 g/mol. The van der Waals surface area contributed by atoms with Gasteiger partial charge in [0.05, 0.1) is 13.2 Å². The SMILES string of the molecule is COCCCC[C@](O)(c1cccc(Cl)c1-c1ccc2ccccc2c1)[C@H]1CN(C(=O)[C@@H]2CC[C@H](N)C2)CCO1. The Balaban J connectivity index is 1.52. The molecule has 1 aliphatic carbocycles. The molecule has 3 aromatic rings. The number of carbonyl (C=O) groups excluding carboxylic acids is 1. The quantitative estimate of drug-likeness (QED) is 0.343. The lowest BCUT2D eigenvalue weighted by atomic mass is 9.78. The molecule has 0 bridgehead atoms. The second-order valence-electron chi connectivity index (χ2n) is 11.0. The van der Waals surface area contributed by atoms with E-state index in [0.29, 0.717) is 37.7 Å². The van der Waals surface area contributed by atoms with Crippen molar-refractivity contribution in [1.29, 1.82) is 0 Å². The second kappa shape index (κ2) is 12.4. The van der Waals surface area contributed by atoms with E-state index in [0.717, 1.165) is 59.6 Å². The summed E-state index contributed by atoms with van der Waals surface area (Å²) in [5.74, 6) is 0.0757. The van der Waals surface area contributed by atoms with E-state index in [4.69, 9.17) is 26.8 Å². The van der Waals surface area contributed by atoms with Gasteiger partial charge in [-0.05, 0) is 72.6 Å². The molecule has 0 radical (unpaired) electrons. The molecule has 7 heteroatoms. The minimum atomic E-state index is -1.36. The summed E-state index contributed by atoms with van der Waals surface area (Å²) in [6.45, 7) is 1.84. The first-order valence-corrected chi connectivity index (χ1v) is 14.4. The Bertz CT molecular complexity index is 1300. The van der Waals surface area contributed by atoms with Crippen molar-refractivity contribution in [3.8, 4) is 11.1 Å². The van der Waals surface area contributed by atoms with Crippen LogP contribution in [0.2, 0.25) is 5.02 Å². The highest BCUT2D eigenvalue weighted by Gasteiger charge is 2.45. The minimum Gasteiger partial charge on any atom is -0.385 e. The summed E-state index contributed by atoms with van der Waals surface area (Å²) in [4.78, 5) is 15.3. The van der Waals surface area contributed by atoms with Crippen molar-refractivity contribution in [1.82, 2.24) is 4.90 Å². The van der Waals surface area contributed by atoms with Gasteiger partial charge in [-0.15, -0.1) is 0 Å². The number of methoxy groups -OCH3 is 1. The van der Waals surface area contributed by atoms with Crippen LogP contribution < -0.4 is 5.73 Å². The monoisotopic (exact) mass is 550 g/mol. The normalized spacial score (nSPS) is 23.2. The van der Waals surface area contributed by atoms with Gasteiger partial charge in [-0.1, -0.05) is 60.1 Å². The molecule has 1 heterocycles. The van der Waals surface area contributed by atoms with Crippen LogP contribution in [0, 0.1) is 5.92 Å². The lowest BCUT2D eigenvalue weighted by molar-refractivity contribution is -0.167. The number of hydrogen-bond donors (Lipinski definition) is 2. The molecule has 3 N–H and O–H groups in total. The number of aliphatic hydroxyl groups is 1. The standard InChI is InChI=1S/C32H39ClN2O4/c1-38-17-5-4-15-32(37,29-21-35(16-18-39-29)31(36)25-13-14-26(34)20-25)27-9-6-10-28(33)30(27)24-12-11-22-7-2-3-8-23(22)19-24/h2-3,6-12,19,25-26,29,37H,4-5,13-18,20-21,34H2,1H3/t25-,26+,29-,32+/m1/s1. The van der Waals surface area contributed by atoms with E-state index >= 15 is 0 Å². The van der Waals surface area contributed by atoms with Gasteiger partial charge in [0.15, 0.2) is 0 Å². The molecule has 4 atom stereocenters. The first-order valence-electron chi connectivity index (χ1n) is 14.1. The van der Waals surface area contributed by atoms with E-state index in [-0.39, 0.29) is 17.9 Å². The Kier molecular flexibility index (Phi) is 8.89. The summed E-state index contributed by atoms with van der Waals surface area (Å²) in [7, 11) is 1.68. The number of unbranched alkanes of at least 4 members (excludes halogenated alkanes) is 1. The topological polar surface area (TPSA) is 85.0 Å². The van der Waals surface area contributed by atoms with Gasteiger partial charge in [0, 0.05) is 42.8 Å². The second-order valence-corrected chi connectivity index (χ2v) is 11.4. The molecule has 5 rings (SSSR count). The van der Waals surface area contributed by atoms with Gasteiger partial charge in [-0.25, -0.2) is 0 Å². The largest absolute Gasteiger partial charge is 0.385 e. The number of rotatable bonds is 9. The van der Waals surface area contributed by atoms with Crippen molar-refractivity contribution in [2.24, 2.45) is 11.7 Å². The number of amides is 1. The first kappa shape index (κ1) is 28.1. The predicted molar refractivity (Wildman–Crippen MR) is 156 cm³/mol. The number of fused-ring (bicyclic) bond motifs is 1. The maximum Gasteiger partial charge on any atom is 0.225 e. The van der Waals surface area contributed by atoms with E-state index in [1.807, 2.05) is 35.2 Å². The number of carbonyl (C=O) groups is 1. The van der Waals surface area contributed by atoms with Crippen molar-refractivity contribution >= 4 is 28.3 Å². The van der Waals surface area contributed by atoms with Crippen LogP contribution in [-0.4, -0.2) is 61.5 Å². The van der Waals surface area contributed by atoms with Gasteiger partial charge in [-0.3, -0.25) is 4.79 Å². The summed E-state index contributed by atoms with van der Waals surface area (Å²) in [6, 6.07) is 20.2. The van der Waals surface area contributed by atoms with Crippen molar-refractivity contribution in [3.05, 3.63) is 71.2 Å². The zero-order valence-electron chi connectivity index (χ0n) is 22.7. The van der Waals surface area contributed by atoms with Gasteiger partial charge in [-0.2, -0.15) is 0 Å². The molecule has 1 saturated carbocycles.